The first-order valence-corrected chi connectivity index (χ1v) is 8.62. The molecule has 1 fully saturated rings. The molecular weight excluding hydrogens is 274 g/mol. The van der Waals surface area contributed by atoms with Gasteiger partial charge in [-0.15, -0.1) is 0 Å². The molecule has 0 bridgehead atoms. The van der Waals surface area contributed by atoms with E-state index < -0.39 is 0 Å². The topological polar surface area (TPSA) is 22.9 Å². The smallest absolute Gasteiger partial charge is 0.122 e. The molecule has 22 heavy (non-hydrogen) atoms. The van der Waals surface area contributed by atoms with Crippen LogP contribution in [0.1, 0.15) is 44.7 Å². The molecule has 0 saturated carbocycles. The van der Waals surface area contributed by atoms with Gasteiger partial charge in [-0.3, -0.25) is 0 Å². The summed E-state index contributed by atoms with van der Waals surface area (Å²) in [5.41, 5.74) is 2.81. The van der Waals surface area contributed by atoms with Gasteiger partial charge >= 0.3 is 0 Å². The Morgan fingerprint density at radius 1 is 1.14 bits per heavy atom. The van der Waals surface area contributed by atoms with Crippen LogP contribution in [-0.4, -0.2) is 39.5 Å². The van der Waals surface area contributed by atoms with Gasteiger partial charge in [-0.05, 0) is 42.4 Å². The van der Waals surface area contributed by atoms with Gasteiger partial charge < -0.3 is 14.4 Å². The second-order valence-corrected chi connectivity index (χ2v) is 7.40. The molecule has 0 radical (unpaired) electrons. The lowest BCUT2D eigenvalue weighted by molar-refractivity contribution is -0.908. The molecule has 0 spiro atoms. The van der Waals surface area contributed by atoms with Gasteiger partial charge in [0.15, 0.2) is 0 Å². The fourth-order valence-corrected chi connectivity index (χ4v) is 2.85. The first-order chi connectivity index (χ1) is 10.5. The van der Waals surface area contributed by atoms with Crippen LogP contribution in [0.25, 0.3) is 0 Å². The minimum atomic E-state index is 0.199. The highest BCUT2D eigenvalue weighted by Gasteiger charge is 2.15. The summed E-state index contributed by atoms with van der Waals surface area (Å²) in [7, 11) is 0. The van der Waals surface area contributed by atoms with Gasteiger partial charge in [-0.1, -0.05) is 32.9 Å². The molecule has 1 heterocycles. The van der Waals surface area contributed by atoms with Gasteiger partial charge in [0.05, 0.1) is 26.4 Å². The number of quaternary nitrogens is 1. The van der Waals surface area contributed by atoms with Crippen molar-refractivity contribution in [2.75, 3.05) is 39.5 Å². The minimum absolute atomic E-state index is 0.199. The summed E-state index contributed by atoms with van der Waals surface area (Å²) in [5, 5.41) is 0. The van der Waals surface area contributed by atoms with E-state index in [4.69, 9.17) is 9.47 Å². The Morgan fingerprint density at radius 3 is 2.50 bits per heavy atom. The first kappa shape index (κ1) is 17.3. The molecule has 1 aromatic carbocycles. The summed E-state index contributed by atoms with van der Waals surface area (Å²) in [6.07, 6.45) is 2.36. The van der Waals surface area contributed by atoms with E-state index in [1.807, 2.05) is 0 Å². The molecule has 124 valence electrons. The van der Waals surface area contributed by atoms with Crippen molar-refractivity contribution in [2.45, 2.75) is 46.0 Å². The number of ether oxygens (including phenoxy) is 2. The van der Waals surface area contributed by atoms with Gasteiger partial charge in [0.25, 0.3) is 0 Å². The molecule has 2 rings (SSSR count). The molecule has 1 aliphatic rings. The van der Waals surface area contributed by atoms with Gasteiger partial charge in [-0.25, -0.2) is 0 Å². The van der Waals surface area contributed by atoms with E-state index in [2.05, 4.69) is 45.9 Å². The summed E-state index contributed by atoms with van der Waals surface area (Å²) in [6, 6.07) is 6.58. The lowest BCUT2D eigenvalue weighted by Gasteiger charge is -2.23. The number of hydrogen-bond acceptors (Lipinski definition) is 2. The van der Waals surface area contributed by atoms with E-state index in [1.165, 1.54) is 24.1 Å². The number of aryl methyl sites for hydroxylation is 1. The molecule has 0 amide bonds. The lowest BCUT2D eigenvalue weighted by Crippen LogP contribution is -3.14. The number of hydrogen-bond donors (Lipinski definition) is 1. The summed E-state index contributed by atoms with van der Waals surface area (Å²) in [5.74, 6) is 1.03. The first-order valence-electron chi connectivity index (χ1n) is 8.62. The van der Waals surface area contributed by atoms with Crippen molar-refractivity contribution in [1.82, 2.24) is 0 Å². The van der Waals surface area contributed by atoms with Crippen molar-refractivity contribution in [3.63, 3.8) is 0 Å². The van der Waals surface area contributed by atoms with Crippen LogP contribution in [0.15, 0.2) is 18.2 Å². The molecule has 3 nitrogen and oxygen atoms in total. The number of benzene rings is 1. The Hall–Kier alpha value is -1.06. The zero-order valence-electron chi connectivity index (χ0n) is 14.7. The van der Waals surface area contributed by atoms with Crippen molar-refractivity contribution in [1.29, 1.82) is 0 Å². The summed E-state index contributed by atoms with van der Waals surface area (Å²) in [6.45, 7) is 15.1. The van der Waals surface area contributed by atoms with Crippen LogP contribution in [0, 0.1) is 6.92 Å². The molecule has 0 unspecified atom stereocenters. The zero-order valence-corrected chi connectivity index (χ0v) is 14.7. The van der Waals surface area contributed by atoms with Crippen LogP contribution in [0.4, 0.5) is 0 Å². The predicted octanol–water partition coefficient (Wildman–Crippen LogP) is 2.37. The van der Waals surface area contributed by atoms with E-state index in [1.54, 1.807) is 4.90 Å². The van der Waals surface area contributed by atoms with Crippen LogP contribution in [0.5, 0.6) is 5.75 Å². The van der Waals surface area contributed by atoms with Crippen LogP contribution < -0.4 is 9.64 Å². The number of morpholine rings is 1. The van der Waals surface area contributed by atoms with Crippen molar-refractivity contribution < 1.29 is 14.4 Å². The van der Waals surface area contributed by atoms with E-state index >= 15 is 0 Å². The molecule has 0 aromatic heterocycles. The summed E-state index contributed by atoms with van der Waals surface area (Å²) < 4.78 is 11.3. The molecule has 0 atom stereocenters. The van der Waals surface area contributed by atoms with Gasteiger partial charge in [-0.2, -0.15) is 0 Å². The van der Waals surface area contributed by atoms with Gasteiger partial charge in [0.1, 0.15) is 18.8 Å². The van der Waals surface area contributed by atoms with E-state index in [-0.39, 0.29) is 5.41 Å². The third kappa shape index (κ3) is 5.29. The van der Waals surface area contributed by atoms with Crippen LogP contribution in [-0.2, 0) is 10.2 Å². The fourth-order valence-electron chi connectivity index (χ4n) is 2.85. The van der Waals surface area contributed by atoms with Crippen molar-refractivity contribution >= 4 is 0 Å². The van der Waals surface area contributed by atoms with E-state index in [9.17, 15) is 0 Å². The zero-order chi connectivity index (χ0) is 16.0. The number of unbranched alkanes of at least 4 members (excludes halogenated alkanes) is 1. The fraction of sp³-hybridized carbons (Fsp3) is 0.684. The Balaban J connectivity index is 1.70. The Labute approximate surface area is 135 Å². The molecule has 1 saturated heterocycles. The van der Waals surface area contributed by atoms with Crippen molar-refractivity contribution in [3.05, 3.63) is 29.3 Å². The monoisotopic (exact) mass is 306 g/mol. The predicted molar refractivity (Wildman–Crippen MR) is 91.0 cm³/mol. The number of nitrogens with one attached hydrogen (secondary N) is 1. The quantitative estimate of drug-likeness (QED) is 0.816. The number of rotatable bonds is 6. The molecule has 1 N–H and O–H groups in total. The van der Waals surface area contributed by atoms with E-state index in [0.717, 1.165) is 45.1 Å². The second-order valence-electron chi connectivity index (χ2n) is 7.40. The van der Waals surface area contributed by atoms with Gasteiger partial charge in [0.2, 0.25) is 0 Å². The summed E-state index contributed by atoms with van der Waals surface area (Å²) in [4.78, 5) is 1.68. The van der Waals surface area contributed by atoms with Gasteiger partial charge in [0, 0.05) is 0 Å². The lowest BCUT2D eigenvalue weighted by atomic mass is 9.86. The molecule has 0 aliphatic carbocycles. The summed E-state index contributed by atoms with van der Waals surface area (Å²) >= 11 is 0. The minimum Gasteiger partial charge on any atom is -0.493 e. The average molecular weight is 306 g/mol. The van der Waals surface area contributed by atoms with Crippen LogP contribution in [0.2, 0.25) is 0 Å². The highest BCUT2D eigenvalue weighted by atomic mass is 16.5. The Morgan fingerprint density at radius 2 is 1.86 bits per heavy atom. The van der Waals surface area contributed by atoms with Crippen molar-refractivity contribution in [2.24, 2.45) is 0 Å². The molecule has 1 aromatic rings. The molecule has 3 heteroatoms. The molecule has 1 aliphatic heterocycles. The largest absolute Gasteiger partial charge is 0.493 e. The second kappa shape index (κ2) is 7.98. The maximum absolute atomic E-state index is 5.96. The SMILES string of the molecule is Cc1cc(C(C)(C)C)ccc1OCCCC[NH+]1CCOCC1. The third-order valence-electron chi connectivity index (χ3n) is 4.42. The maximum Gasteiger partial charge on any atom is 0.122 e. The highest BCUT2D eigenvalue weighted by molar-refractivity contribution is 5.38. The Kier molecular flexibility index (Phi) is 6.27. The third-order valence-corrected chi connectivity index (χ3v) is 4.42. The van der Waals surface area contributed by atoms with Crippen LogP contribution >= 0.6 is 0 Å². The maximum atomic E-state index is 5.96. The standard InChI is InChI=1S/C19H31NO2/c1-16-15-17(19(2,3)4)7-8-18(16)22-12-6-5-9-20-10-13-21-14-11-20/h7-8,15H,5-6,9-14H2,1-4H3/p+1. The van der Waals surface area contributed by atoms with Crippen LogP contribution in [0.3, 0.4) is 0 Å². The molecular formula is C19H32NO2+. The van der Waals surface area contributed by atoms with E-state index in [0.29, 0.717) is 0 Å². The normalized spacial score (nSPS) is 16.7. The highest BCUT2D eigenvalue weighted by Crippen LogP contribution is 2.27. The van der Waals surface area contributed by atoms with Crippen molar-refractivity contribution in [3.8, 4) is 5.75 Å². The Bertz CT molecular complexity index is 459. The average Bonchev–Trinajstić information content (AvgIpc) is 2.48.